The van der Waals surface area contributed by atoms with Crippen LogP contribution in [0.25, 0.3) is 0 Å². The van der Waals surface area contributed by atoms with Crippen LogP contribution in [-0.4, -0.2) is 80.8 Å². The van der Waals surface area contributed by atoms with E-state index in [0.29, 0.717) is 12.6 Å². The summed E-state index contributed by atoms with van der Waals surface area (Å²) in [7, 11) is 0. The first-order valence-electron chi connectivity index (χ1n) is 11.0. The third-order valence-corrected chi connectivity index (χ3v) is 5.92. The van der Waals surface area contributed by atoms with Crippen molar-refractivity contribution in [2.45, 2.75) is 38.8 Å². The largest absolute Gasteiger partial charge is 0.379 e. The predicted molar refractivity (Wildman–Crippen MR) is 116 cm³/mol. The van der Waals surface area contributed by atoms with E-state index in [9.17, 15) is 4.39 Å². The SMILES string of the molecule is CCNC(=NCC(c1ccc(F)cc1)N1CCOCC1)NCC1CCCN1CC. The number of nitrogens with one attached hydrogen (secondary N) is 2. The minimum absolute atomic E-state index is 0.119. The summed E-state index contributed by atoms with van der Waals surface area (Å²) >= 11 is 0. The lowest BCUT2D eigenvalue weighted by Crippen LogP contribution is -2.45. The van der Waals surface area contributed by atoms with Crippen LogP contribution in [0.4, 0.5) is 4.39 Å². The molecule has 0 spiro atoms. The summed E-state index contributed by atoms with van der Waals surface area (Å²) in [5.74, 6) is 0.654. The minimum Gasteiger partial charge on any atom is -0.379 e. The second-order valence-corrected chi connectivity index (χ2v) is 7.74. The number of nitrogens with zero attached hydrogens (tertiary/aromatic N) is 3. The molecule has 0 aromatic heterocycles. The molecule has 29 heavy (non-hydrogen) atoms. The topological polar surface area (TPSA) is 52.1 Å². The first-order chi connectivity index (χ1) is 14.2. The van der Waals surface area contributed by atoms with Crippen molar-refractivity contribution < 1.29 is 9.13 Å². The molecule has 1 aromatic carbocycles. The molecule has 2 saturated heterocycles. The number of likely N-dealkylation sites (N-methyl/N-ethyl adjacent to an activating group) is 1. The normalized spacial score (nSPS) is 22.6. The summed E-state index contributed by atoms with van der Waals surface area (Å²) in [4.78, 5) is 9.82. The Morgan fingerprint density at radius 3 is 2.62 bits per heavy atom. The summed E-state index contributed by atoms with van der Waals surface area (Å²) < 4.78 is 18.9. The zero-order valence-electron chi connectivity index (χ0n) is 17.9. The lowest BCUT2D eigenvalue weighted by Gasteiger charge is -2.34. The molecule has 2 heterocycles. The molecule has 162 valence electrons. The van der Waals surface area contributed by atoms with Crippen LogP contribution in [0.1, 0.15) is 38.3 Å². The predicted octanol–water partition coefficient (Wildman–Crippen LogP) is 2.24. The number of benzene rings is 1. The van der Waals surface area contributed by atoms with Crippen LogP contribution in [-0.2, 0) is 4.74 Å². The number of hydrogen-bond acceptors (Lipinski definition) is 4. The van der Waals surface area contributed by atoms with Crippen LogP contribution < -0.4 is 10.6 Å². The van der Waals surface area contributed by atoms with Crippen molar-refractivity contribution in [3.63, 3.8) is 0 Å². The van der Waals surface area contributed by atoms with Gasteiger partial charge in [0.05, 0.1) is 25.8 Å². The first kappa shape index (κ1) is 22.0. The highest BCUT2D eigenvalue weighted by atomic mass is 19.1. The van der Waals surface area contributed by atoms with Crippen molar-refractivity contribution in [2.75, 3.05) is 59.0 Å². The fourth-order valence-corrected chi connectivity index (χ4v) is 4.28. The lowest BCUT2D eigenvalue weighted by atomic mass is 10.0. The second kappa shape index (κ2) is 11.5. The number of aliphatic imine (C=N–C) groups is 1. The van der Waals surface area contributed by atoms with Crippen LogP contribution in [0.3, 0.4) is 0 Å². The fraction of sp³-hybridized carbons (Fsp3) is 0.682. The van der Waals surface area contributed by atoms with E-state index < -0.39 is 0 Å². The number of likely N-dealkylation sites (tertiary alicyclic amines) is 1. The van der Waals surface area contributed by atoms with Gasteiger partial charge in [-0.1, -0.05) is 19.1 Å². The van der Waals surface area contributed by atoms with E-state index in [-0.39, 0.29) is 11.9 Å². The number of guanidine groups is 1. The highest BCUT2D eigenvalue weighted by Crippen LogP contribution is 2.23. The summed E-state index contributed by atoms with van der Waals surface area (Å²) in [6.07, 6.45) is 2.52. The standard InChI is InChI=1S/C22H36FN5O/c1-3-24-22(25-16-20-6-5-11-27(20)4-2)26-17-21(28-12-14-29-15-13-28)18-7-9-19(23)10-8-18/h7-10,20-21H,3-6,11-17H2,1-2H3,(H2,24,25,26). The van der Waals surface area contributed by atoms with Crippen LogP contribution in [0.15, 0.2) is 29.3 Å². The van der Waals surface area contributed by atoms with Gasteiger partial charge in [-0.15, -0.1) is 0 Å². The van der Waals surface area contributed by atoms with E-state index >= 15 is 0 Å². The maximum Gasteiger partial charge on any atom is 0.191 e. The van der Waals surface area contributed by atoms with Crippen molar-refractivity contribution in [2.24, 2.45) is 4.99 Å². The molecule has 7 heteroatoms. The minimum atomic E-state index is -0.204. The van der Waals surface area contributed by atoms with Crippen molar-refractivity contribution in [1.82, 2.24) is 20.4 Å². The van der Waals surface area contributed by atoms with E-state index in [4.69, 9.17) is 9.73 Å². The molecule has 2 atom stereocenters. The zero-order chi connectivity index (χ0) is 20.5. The molecule has 1 aromatic rings. The Kier molecular flexibility index (Phi) is 8.70. The first-order valence-corrected chi connectivity index (χ1v) is 11.0. The molecule has 0 aliphatic carbocycles. The van der Waals surface area contributed by atoms with Gasteiger partial charge in [-0.05, 0) is 50.6 Å². The molecule has 2 fully saturated rings. The summed E-state index contributed by atoms with van der Waals surface area (Å²) in [5, 5.41) is 6.92. The van der Waals surface area contributed by atoms with Gasteiger partial charge in [-0.2, -0.15) is 0 Å². The lowest BCUT2D eigenvalue weighted by molar-refractivity contribution is 0.0179. The highest BCUT2D eigenvalue weighted by molar-refractivity contribution is 5.79. The van der Waals surface area contributed by atoms with Gasteiger partial charge in [0, 0.05) is 32.2 Å². The van der Waals surface area contributed by atoms with Gasteiger partial charge in [-0.25, -0.2) is 4.39 Å². The van der Waals surface area contributed by atoms with Crippen molar-refractivity contribution in [3.05, 3.63) is 35.6 Å². The average Bonchev–Trinajstić information content (AvgIpc) is 3.21. The molecule has 0 radical (unpaired) electrons. The second-order valence-electron chi connectivity index (χ2n) is 7.74. The monoisotopic (exact) mass is 405 g/mol. The smallest absolute Gasteiger partial charge is 0.191 e. The Labute approximate surface area is 174 Å². The maximum absolute atomic E-state index is 13.4. The van der Waals surface area contributed by atoms with Gasteiger partial charge in [0.15, 0.2) is 5.96 Å². The number of ether oxygens (including phenoxy) is 1. The highest BCUT2D eigenvalue weighted by Gasteiger charge is 2.24. The van der Waals surface area contributed by atoms with Crippen molar-refractivity contribution in [1.29, 1.82) is 0 Å². The van der Waals surface area contributed by atoms with Crippen LogP contribution in [0.5, 0.6) is 0 Å². The Hall–Kier alpha value is -1.70. The number of halogens is 1. The molecule has 2 unspecified atom stereocenters. The van der Waals surface area contributed by atoms with Gasteiger partial charge >= 0.3 is 0 Å². The molecule has 2 N–H and O–H groups in total. The van der Waals surface area contributed by atoms with Gasteiger partial charge in [-0.3, -0.25) is 14.8 Å². The molecule has 6 nitrogen and oxygen atoms in total. The molecule has 0 amide bonds. The third-order valence-electron chi connectivity index (χ3n) is 5.92. The summed E-state index contributed by atoms with van der Waals surface area (Å²) in [6, 6.07) is 7.53. The fourth-order valence-electron chi connectivity index (χ4n) is 4.28. The Morgan fingerprint density at radius 2 is 1.93 bits per heavy atom. The maximum atomic E-state index is 13.4. The Morgan fingerprint density at radius 1 is 1.17 bits per heavy atom. The van der Waals surface area contributed by atoms with Gasteiger partial charge < -0.3 is 15.4 Å². The van der Waals surface area contributed by atoms with E-state index in [1.807, 2.05) is 12.1 Å². The van der Waals surface area contributed by atoms with E-state index in [0.717, 1.165) is 57.5 Å². The Balaban J connectivity index is 1.67. The van der Waals surface area contributed by atoms with Gasteiger partial charge in [0.1, 0.15) is 5.82 Å². The number of morpholine rings is 1. The quantitative estimate of drug-likeness (QED) is 0.513. The average molecular weight is 406 g/mol. The summed E-state index contributed by atoms with van der Waals surface area (Å²) in [5.41, 5.74) is 1.10. The molecule has 2 aliphatic heterocycles. The number of rotatable bonds is 8. The van der Waals surface area contributed by atoms with Crippen LogP contribution >= 0.6 is 0 Å². The molecular weight excluding hydrogens is 369 g/mol. The van der Waals surface area contributed by atoms with E-state index in [1.54, 1.807) is 0 Å². The van der Waals surface area contributed by atoms with Crippen LogP contribution in [0.2, 0.25) is 0 Å². The molecule has 0 saturated carbocycles. The van der Waals surface area contributed by atoms with Crippen molar-refractivity contribution in [3.8, 4) is 0 Å². The molecular formula is C22H36FN5O. The van der Waals surface area contributed by atoms with E-state index in [1.165, 1.54) is 31.5 Å². The van der Waals surface area contributed by atoms with Gasteiger partial charge in [0.2, 0.25) is 0 Å². The van der Waals surface area contributed by atoms with E-state index in [2.05, 4.69) is 34.3 Å². The molecule has 0 bridgehead atoms. The summed E-state index contributed by atoms with van der Waals surface area (Å²) in [6.45, 7) is 12.2. The molecule has 3 rings (SSSR count). The van der Waals surface area contributed by atoms with Crippen molar-refractivity contribution >= 4 is 5.96 Å². The van der Waals surface area contributed by atoms with Crippen LogP contribution in [0, 0.1) is 5.82 Å². The Bertz CT molecular complexity index is 633. The molecule has 2 aliphatic rings. The third kappa shape index (κ3) is 6.39. The number of hydrogen-bond donors (Lipinski definition) is 2. The van der Waals surface area contributed by atoms with Gasteiger partial charge in [0.25, 0.3) is 0 Å². The zero-order valence-corrected chi connectivity index (χ0v) is 17.9.